The first kappa shape index (κ1) is 17.1. The highest BCUT2D eigenvalue weighted by Gasteiger charge is 2.27. The van der Waals surface area contributed by atoms with Crippen LogP contribution in [0.25, 0.3) is 0 Å². The van der Waals surface area contributed by atoms with Crippen molar-refractivity contribution in [1.29, 1.82) is 0 Å². The van der Waals surface area contributed by atoms with Crippen LogP contribution in [-0.2, 0) is 4.74 Å². The van der Waals surface area contributed by atoms with E-state index < -0.39 is 24.7 Å². The van der Waals surface area contributed by atoms with Crippen molar-refractivity contribution in [3.05, 3.63) is 23.8 Å². The molecule has 0 saturated carbocycles. The molecule has 0 unspecified atom stereocenters. The highest BCUT2D eigenvalue weighted by molar-refractivity contribution is 5.97. The normalized spacial score (nSPS) is 12.8. The van der Waals surface area contributed by atoms with Crippen LogP contribution < -0.4 is 10.1 Å². The Balaban J connectivity index is 2.53. The number of nitrogens with one attached hydrogen (secondary N) is 1. The minimum absolute atomic E-state index is 0.00142. The second-order valence-electron chi connectivity index (χ2n) is 4.39. The van der Waals surface area contributed by atoms with Gasteiger partial charge in [0.15, 0.2) is 0 Å². The molecular weight excluding hydrogens is 291 g/mol. The molecule has 0 radical (unpaired) electrons. The van der Waals surface area contributed by atoms with Crippen LogP contribution in [-0.4, -0.2) is 43.6 Å². The van der Waals surface area contributed by atoms with Gasteiger partial charge in [-0.1, -0.05) is 0 Å². The van der Waals surface area contributed by atoms with Crippen molar-refractivity contribution in [3.63, 3.8) is 0 Å². The maximum atomic E-state index is 11.9. The number of halogens is 3. The zero-order valence-corrected chi connectivity index (χ0v) is 11.5. The molecule has 0 aromatic heterocycles. The number of phenolic OH excluding ortho intramolecular Hbond substituents is 1. The minimum atomic E-state index is -4.40. The number of amides is 1. The highest BCUT2D eigenvalue weighted by atomic mass is 19.4. The first-order chi connectivity index (χ1) is 9.73. The van der Waals surface area contributed by atoms with Crippen LogP contribution >= 0.6 is 0 Å². The number of ether oxygens (including phenoxy) is 2. The van der Waals surface area contributed by atoms with Gasteiger partial charge < -0.3 is 19.9 Å². The molecule has 118 valence electrons. The van der Waals surface area contributed by atoms with Crippen molar-refractivity contribution in [3.8, 4) is 11.5 Å². The Hall–Kier alpha value is -1.96. The van der Waals surface area contributed by atoms with Crippen LogP contribution in [0.1, 0.15) is 17.3 Å². The Morgan fingerprint density at radius 1 is 1.43 bits per heavy atom. The molecule has 0 heterocycles. The van der Waals surface area contributed by atoms with Gasteiger partial charge in [-0.15, -0.1) is 0 Å². The summed E-state index contributed by atoms with van der Waals surface area (Å²) in [5.41, 5.74) is -0.00142. The summed E-state index contributed by atoms with van der Waals surface area (Å²) in [6.07, 6.45) is -4.40. The molecule has 0 saturated heterocycles. The Labute approximate surface area is 119 Å². The van der Waals surface area contributed by atoms with Crippen LogP contribution in [0.5, 0.6) is 11.5 Å². The predicted octanol–water partition coefficient (Wildman–Crippen LogP) is 2.10. The largest absolute Gasteiger partial charge is 0.507 e. The van der Waals surface area contributed by atoms with E-state index in [1.807, 2.05) is 0 Å². The number of alkyl halides is 3. The molecule has 1 rings (SSSR count). The Bertz CT molecular complexity index is 491. The van der Waals surface area contributed by atoms with Gasteiger partial charge in [0.05, 0.1) is 19.3 Å². The molecule has 8 heteroatoms. The maximum absolute atomic E-state index is 11.9. The second kappa shape index (κ2) is 7.16. The molecule has 2 N–H and O–H groups in total. The van der Waals surface area contributed by atoms with Gasteiger partial charge in [-0.05, 0) is 19.1 Å². The topological polar surface area (TPSA) is 67.8 Å². The zero-order valence-electron chi connectivity index (χ0n) is 11.5. The van der Waals surface area contributed by atoms with Crippen LogP contribution in [0.4, 0.5) is 13.2 Å². The van der Waals surface area contributed by atoms with Gasteiger partial charge in [-0.25, -0.2) is 0 Å². The lowest BCUT2D eigenvalue weighted by Crippen LogP contribution is -2.36. The molecule has 0 spiro atoms. The lowest BCUT2D eigenvalue weighted by molar-refractivity contribution is -0.174. The third-order valence-corrected chi connectivity index (χ3v) is 2.46. The molecule has 0 aliphatic carbocycles. The molecule has 0 aliphatic rings. The number of hydrogen-bond donors (Lipinski definition) is 2. The number of carbonyl (C=O) groups excluding carboxylic acids is 1. The van der Waals surface area contributed by atoms with Gasteiger partial charge in [-0.2, -0.15) is 13.2 Å². The fraction of sp³-hybridized carbons (Fsp3) is 0.462. The summed E-state index contributed by atoms with van der Waals surface area (Å²) in [7, 11) is 1.41. The van der Waals surface area contributed by atoms with Crippen molar-refractivity contribution >= 4 is 5.91 Å². The first-order valence-corrected chi connectivity index (χ1v) is 6.05. The first-order valence-electron chi connectivity index (χ1n) is 6.05. The third kappa shape index (κ3) is 5.90. The average Bonchev–Trinajstić information content (AvgIpc) is 2.36. The summed E-state index contributed by atoms with van der Waals surface area (Å²) in [5, 5.41) is 12.1. The van der Waals surface area contributed by atoms with Gasteiger partial charge in [0.25, 0.3) is 5.91 Å². The number of aromatic hydroxyl groups is 1. The number of benzene rings is 1. The Morgan fingerprint density at radius 3 is 2.62 bits per heavy atom. The number of hydrogen-bond acceptors (Lipinski definition) is 4. The molecule has 0 fully saturated rings. The molecule has 1 atom stereocenters. The lowest BCUT2D eigenvalue weighted by atomic mass is 10.1. The van der Waals surface area contributed by atoms with Gasteiger partial charge in [-0.3, -0.25) is 4.79 Å². The van der Waals surface area contributed by atoms with Crippen LogP contribution in [0.2, 0.25) is 0 Å². The minimum Gasteiger partial charge on any atom is -0.507 e. The van der Waals surface area contributed by atoms with Gasteiger partial charge in [0.2, 0.25) is 0 Å². The monoisotopic (exact) mass is 307 g/mol. The van der Waals surface area contributed by atoms with Crippen LogP contribution in [0.15, 0.2) is 18.2 Å². The molecule has 1 aromatic carbocycles. The Morgan fingerprint density at radius 2 is 2.10 bits per heavy atom. The van der Waals surface area contributed by atoms with E-state index in [4.69, 9.17) is 4.74 Å². The van der Waals surface area contributed by atoms with Gasteiger partial charge in [0, 0.05) is 12.1 Å². The SMILES string of the molecule is COc1ccc(C(=O)N[C@H](C)COCC(F)(F)F)c(O)c1. The van der Waals surface area contributed by atoms with E-state index in [-0.39, 0.29) is 17.9 Å². The fourth-order valence-corrected chi connectivity index (χ4v) is 1.53. The van der Waals surface area contributed by atoms with E-state index in [1.165, 1.54) is 32.2 Å². The summed E-state index contributed by atoms with van der Waals surface area (Å²) in [4.78, 5) is 11.8. The Kier molecular flexibility index (Phi) is 5.83. The van der Waals surface area contributed by atoms with Crippen LogP contribution in [0, 0.1) is 0 Å². The van der Waals surface area contributed by atoms with E-state index in [1.54, 1.807) is 0 Å². The summed E-state index contributed by atoms with van der Waals surface area (Å²) >= 11 is 0. The highest BCUT2D eigenvalue weighted by Crippen LogP contribution is 2.23. The molecule has 5 nitrogen and oxygen atoms in total. The molecule has 1 aromatic rings. The second-order valence-corrected chi connectivity index (χ2v) is 4.39. The summed E-state index contributed by atoms with van der Waals surface area (Å²) in [5.74, 6) is -0.515. The number of methoxy groups -OCH3 is 1. The summed E-state index contributed by atoms with van der Waals surface area (Å²) in [6.45, 7) is -0.169. The van der Waals surface area contributed by atoms with E-state index in [0.29, 0.717) is 5.75 Å². The quantitative estimate of drug-likeness (QED) is 0.844. The van der Waals surface area contributed by atoms with E-state index in [2.05, 4.69) is 10.1 Å². The average molecular weight is 307 g/mol. The van der Waals surface area contributed by atoms with E-state index in [0.717, 1.165) is 0 Å². The molecule has 0 bridgehead atoms. The summed E-state index contributed by atoms with van der Waals surface area (Å²) in [6, 6.07) is 3.47. The van der Waals surface area contributed by atoms with Gasteiger partial charge in [0.1, 0.15) is 18.1 Å². The molecule has 21 heavy (non-hydrogen) atoms. The molecule has 1 amide bonds. The fourth-order valence-electron chi connectivity index (χ4n) is 1.53. The van der Waals surface area contributed by atoms with Crippen molar-refractivity contribution < 1.29 is 32.5 Å². The van der Waals surface area contributed by atoms with Crippen LogP contribution in [0.3, 0.4) is 0 Å². The van der Waals surface area contributed by atoms with Crippen molar-refractivity contribution in [2.24, 2.45) is 0 Å². The molecule has 0 aliphatic heterocycles. The third-order valence-electron chi connectivity index (χ3n) is 2.46. The number of carbonyl (C=O) groups is 1. The zero-order chi connectivity index (χ0) is 16.0. The number of phenols is 1. The van der Waals surface area contributed by atoms with Crippen molar-refractivity contribution in [1.82, 2.24) is 5.32 Å². The summed E-state index contributed by atoms with van der Waals surface area (Å²) < 4.78 is 45.0. The van der Waals surface area contributed by atoms with Gasteiger partial charge >= 0.3 is 6.18 Å². The standard InChI is InChI=1S/C13H16F3NO4/c1-8(6-21-7-13(14,15)16)17-12(19)10-4-3-9(20-2)5-11(10)18/h3-5,8,18H,6-7H2,1-2H3,(H,17,19)/t8-/m1/s1. The van der Waals surface area contributed by atoms with Crippen molar-refractivity contribution in [2.75, 3.05) is 20.3 Å². The molecular formula is C13H16F3NO4. The van der Waals surface area contributed by atoms with E-state index >= 15 is 0 Å². The lowest BCUT2D eigenvalue weighted by Gasteiger charge is -2.15. The predicted molar refractivity (Wildman–Crippen MR) is 68.5 cm³/mol. The van der Waals surface area contributed by atoms with Crippen molar-refractivity contribution in [2.45, 2.75) is 19.1 Å². The maximum Gasteiger partial charge on any atom is 0.411 e. The van der Waals surface area contributed by atoms with E-state index in [9.17, 15) is 23.1 Å². The smallest absolute Gasteiger partial charge is 0.411 e. The number of rotatable bonds is 6.